The van der Waals surface area contributed by atoms with Crippen LogP contribution in [-0.4, -0.2) is 37.3 Å². The Balaban J connectivity index is 2.44. The molecule has 1 saturated heterocycles. The van der Waals surface area contributed by atoms with Crippen LogP contribution in [0.5, 0.6) is 0 Å². The predicted octanol–water partition coefficient (Wildman–Crippen LogP) is 1.18. The summed E-state index contributed by atoms with van der Waals surface area (Å²) in [5, 5.41) is 10.8. The quantitative estimate of drug-likeness (QED) is 0.663. The van der Waals surface area contributed by atoms with Gasteiger partial charge in [0.05, 0.1) is 9.82 Å². The Morgan fingerprint density at radius 3 is 2.38 bits per heavy atom. The summed E-state index contributed by atoms with van der Waals surface area (Å²) in [5.41, 5.74) is 6.30. The van der Waals surface area contributed by atoms with E-state index in [0.29, 0.717) is 30.8 Å². The molecule has 21 heavy (non-hydrogen) atoms. The summed E-state index contributed by atoms with van der Waals surface area (Å²) >= 11 is 0. The van der Waals surface area contributed by atoms with Gasteiger partial charge in [-0.1, -0.05) is 0 Å². The van der Waals surface area contributed by atoms with Gasteiger partial charge in [-0.3, -0.25) is 10.1 Å². The molecule has 8 heteroatoms. The number of nitro benzene ring substituents is 1. The number of benzene rings is 1. The van der Waals surface area contributed by atoms with E-state index in [4.69, 9.17) is 5.73 Å². The van der Waals surface area contributed by atoms with Crippen LogP contribution in [-0.2, 0) is 10.0 Å². The number of aryl methyl sites for hydroxylation is 2. The normalized spacial score (nSPS) is 19.9. The maximum Gasteiger partial charge on any atom is 0.270 e. The highest BCUT2D eigenvalue weighted by atomic mass is 32.2. The number of sulfonamides is 1. The third kappa shape index (κ3) is 2.92. The molecule has 7 nitrogen and oxygen atoms in total. The number of nitro groups is 1. The first-order chi connectivity index (χ1) is 9.77. The van der Waals surface area contributed by atoms with Crippen LogP contribution in [0.1, 0.15) is 17.5 Å². The van der Waals surface area contributed by atoms with Crippen LogP contribution in [0.4, 0.5) is 5.69 Å². The summed E-state index contributed by atoms with van der Waals surface area (Å²) in [6, 6.07) is 2.60. The van der Waals surface area contributed by atoms with E-state index in [-0.39, 0.29) is 16.5 Å². The van der Waals surface area contributed by atoms with Gasteiger partial charge in [-0.05, 0) is 43.9 Å². The molecule has 116 valence electrons. The summed E-state index contributed by atoms with van der Waals surface area (Å²) in [7, 11) is -3.63. The van der Waals surface area contributed by atoms with E-state index < -0.39 is 14.9 Å². The molecular formula is C13H19N3O4S. The van der Waals surface area contributed by atoms with Crippen LogP contribution in [0.15, 0.2) is 17.0 Å². The van der Waals surface area contributed by atoms with Gasteiger partial charge in [0, 0.05) is 25.2 Å². The second-order valence-corrected chi connectivity index (χ2v) is 7.29. The first-order valence-electron chi connectivity index (χ1n) is 6.73. The average Bonchev–Trinajstić information content (AvgIpc) is 2.86. The summed E-state index contributed by atoms with van der Waals surface area (Å²) in [5.74, 6) is 0.179. The minimum atomic E-state index is -3.63. The van der Waals surface area contributed by atoms with E-state index in [9.17, 15) is 18.5 Å². The van der Waals surface area contributed by atoms with Gasteiger partial charge in [-0.25, -0.2) is 8.42 Å². The number of non-ortho nitro benzene ring substituents is 1. The van der Waals surface area contributed by atoms with Crippen LogP contribution in [0, 0.1) is 29.9 Å². The van der Waals surface area contributed by atoms with Gasteiger partial charge in [-0.15, -0.1) is 0 Å². The first-order valence-corrected chi connectivity index (χ1v) is 8.17. The van der Waals surface area contributed by atoms with E-state index in [1.807, 2.05) is 0 Å². The lowest BCUT2D eigenvalue weighted by Gasteiger charge is -2.19. The highest BCUT2D eigenvalue weighted by molar-refractivity contribution is 7.89. The molecule has 1 atom stereocenters. The van der Waals surface area contributed by atoms with Crippen molar-refractivity contribution in [3.8, 4) is 0 Å². The van der Waals surface area contributed by atoms with Gasteiger partial charge in [0.15, 0.2) is 0 Å². The molecule has 1 aliphatic rings. The zero-order chi connectivity index (χ0) is 15.8. The molecule has 1 heterocycles. The Kier molecular flexibility index (Phi) is 4.31. The van der Waals surface area contributed by atoms with Gasteiger partial charge in [0.1, 0.15) is 0 Å². The molecule has 0 aromatic heterocycles. The molecule has 0 radical (unpaired) electrons. The molecular weight excluding hydrogens is 294 g/mol. The minimum Gasteiger partial charge on any atom is -0.330 e. The Morgan fingerprint density at radius 1 is 1.38 bits per heavy atom. The van der Waals surface area contributed by atoms with E-state index in [1.165, 1.54) is 16.4 Å². The fourth-order valence-electron chi connectivity index (χ4n) is 2.78. The van der Waals surface area contributed by atoms with Gasteiger partial charge >= 0.3 is 0 Å². The lowest BCUT2D eigenvalue weighted by Crippen LogP contribution is -2.31. The molecule has 1 aromatic rings. The number of nitrogens with two attached hydrogens (primary N) is 1. The molecule has 2 rings (SSSR count). The fourth-order valence-corrected chi connectivity index (χ4v) is 4.72. The van der Waals surface area contributed by atoms with E-state index in [1.54, 1.807) is 13.8 Å². The molecule has 0 aliphatic carbocycles. The SMILES string of the molecule is Cc1cc([N+](=O)[O-])cc(C)c1S(=O)(=O)N1CCC(CN)C1. The van der Waals surface area contributed by atoms with Crippen molar-refractivity contribution in [2.24, 2.45) is 11.7 Å². The number of nitrogens with zero attached hydrogens (tertiary/aromatic N) is 2. The minimum absolute atomic E-state index is 0.0924. The highest BCUT2D eigenvalue weighted by Crippen LogP contribution is 2.30. The predicted molar refractivity (Wildman–Crippen MR) is 78.5 cm³/mol. The summed E-state index contributed by atoms with van der Waals surface area (Å²) in [6.45, 7) is 4.49. The Morgan fingerprint density at radius 2 is 1.95 bits per heavy atom. The third-order valence-electron chi connectivity index (χ3n) is 3.84. The first kappa shape index (κ1) is 15.9. The molecule has 1 aromatic carbocycles. The van der Waals surface area contributed by atoms with Crippen molar-refractivity contribution in [1.29, 1.82) is 0 Å². The largest absolute Gasteiger partial charge is 0.330 e. The lowest BCUT2D eigenvalue weighted by molar-refractivity contribution is -0.385. The zero-order valence-electron chi connectivity index (χ0n) is 12.1. The van der Waals surface area contributed by atoms with Crippen molar-refractivity contribution in [3.05, 3.63) is 33.4 Å². The smallest absolute Gasteiger partial charge is 0.270 e. The van der Waals surface area contributed by atoms with Crippen LogP contribution in [0.2, 0.25) is 0 Å². The van der Waals surface area contributed by atoms with Crippen molar-refractivity contribution in [2.75, 3.05) is 19.6 Å². The topological polar surface area (TPSA) is 107 Å². The Bertz CT molecular complexity index is 649. The summed E-state index contributed by atoms with van der Waals surface area (Å²) < 4.78 is 26.9. The second-order valence-electron chi connectivity index (χ2n) is 5.42. The second kappa shape index (κ2) is 5.70. The van der Waals surface area contributed by atoms with Crippen LogP contribution in [0.3, 0.4) is 0 Å². The number of hydrogen-bond acceptors (Lipinski definition) is 5. The Labute approximate surface area is 123 Å². The third-order valence-corrected chi connectivity index (χ3v) is 6.01. The molecule has 0 amide bonds. The van der Waals surface area contributed by atoms with Crippen LogP contribution < -0.4 is 5.73 Å². The zero-order valence-corrected chi connectivity index (χ0v) is 12.9. The molecule has 1 fully saturated rings. The van der Waals surface area contributed by atoms with Gasteiger partial charge in [-0.2, -0.15) is 4.31 Å². The van der Waals surface area contributed by atoms with Crippen LogP contribution in [0.25, 0.3) is 0 Å². The summed E-state index contributed by atoms with van der Waals surface area (Å²) in [6.07, 6.45) is 0.751. The molecule has 2 N–H and O–H groups in total. The molecule has 0 bridgehead atoms. The number of hydrogen-bond donors (Lipinski definition) is 1. The molecule has 0 spiro atoms. The van der Waals surface area contributed by atoms with Crippen molar-refractivity contribution < 1.29 is 13.3 Å². The number of rotatable bonds is 4. The molecule has 1 unspecified atom stereocenters. The van der Waals surface area contributed by atoms with E-state index >= 15 is 0 Å². The maximum atomic E-state index is 12.7. The maximum absolute atomic E-state index is 12.7. The van der Waals surface area contributed by atoms with Gasteiger partial charge in [0.25, 0.3) is 5.69 Å². The van der Waals surface area contributed by atoms with Crippen molar-refractivity contribution >= 4 is 15.7 Å². The van der Waals surface area contributed by atoms with E-state index in [2.05, 4.69) is 0 Å². The standard InChI is InChI=1S/C13H19N3O4S/c1-9-5-12(16(17)18)6-10(2)13(9)21(19,20)15-4-3-11(7-14)8-15/h5-6,11H,3-4,7-8,14H2,1-2H3. The van der Waals surface area contributed by atoms with Crippen LogP contribution >= 0.6 is 0 Å². The lowest BCUT2D eigenvalue weighted by atomic mass is 10.1. The Hall–Kier alpha value is -1.51. The van der Waals surface area contributed by atoms with Crippen molar-refractivity contribution in [2.45, 2.75) is 25.2 Å². The van der Waals surface area contributed by atoms with Gasteiger partial charge < -0.3 is 5.73 Å². The average molecular weight is 313 g/mol. The van der Waals surface area contributed by atoms with Crippen molar-refractivity contribution in [1.82, 2.24) is 4.31 Å². The molecule has 0 saturated carbocycles. The van der Waals surface area contributed by atoms with E-state index in [0.717, 1.165) is 6.42 Å². The monoisotopic (exact) mass is 313 g/mol. The fraction of sp³-hybridized carbons (Fsp3) is 0.538. The molecule has 1 aliphatic heterocycles. The van der Waals surface area contributed by atoms with Gasteiger partial charge in [0.2, 0.25) is 10.0 Å². The summed E-state index contributed by atoms with van der Waals surface area (Å²) in [4.78, 5) is 10.5. The highest BCUT2D eigenvalue weighted by Gasteiger charge is 2.34. The van der Waals surface area contributed by atoms with Crippen molar-refractivity contribution in [3.63, 3.8) is 0 Å².